The Morgan fingerprint density at radius 2 is 2.00 bits per heavy atom. The lowest BCUT2D eigenvalue weighted by Crippen LogP contribution is -2.26. The van der Waals surface area contributed by atoms with E-state index in [1.165, 1.54) is 6.07 Å². The molecule has 6 heteroatoms. The van der Waals surface area contributed by atoms with Gasteiger partial charge in [-0.2, -0.15) is 0 Å². The van der Waals surface area contributed by atoms with Crippen molar-refractivity contribution in [2.24, 2.45) is 0 Å². The molecule has 0 aliphatic heterocycles. The molecule has 2 aromatic rings. The molecular weight excluding hydrogens is 280 g/mol. The van der Waals surface area contributed by atoms with Crippen molar-refractivity contribution in [3.05, 3.63) is 46.8 Å². The van der Waals surface area contributed by atoms with Crippen LogP contribution >= 0.6 is 11.3 Å². The highest BCUT2D eigenvalue weighted by molar-refractivity contribution is 7.91. The van der Waals surface area contributed by atoms with Gasteiger partial charge >= 0.3 is 0 Å². The number of sulfonamides is 1. The number of hydrogen-bond acceptors (Lipinski definition) is 4. The summed E-state index contributed by atoms with van der Waals surface area (Å²) >= 11 is 1.12. The smallest absolute Gasteiger partial charge is 0.250 e. The van der Waals surface area contributed by atoms with Gasteiger partial charge in [0, 0.05) is 17.1 Å². The second-order valence-electron chi connectivity index (χ2n) is 4.40. The van der Waals surface area contributed by atoms with Crippen LogP contribution in [0.4, 0.5) is 5.69 Å². The number of benzene rings is 1. The lowest BCUT2D eigenvalue weighted by atomic mass is 10.0. The molecule has 1 aromatic carbocycles. The lowest BCUT2D eigenvalue weighted by molar-refractivity contribution is 0.568. The summed E-state index contributed by atoms with van der Waals surface area (Å²) < 4.78 is 27.3. The minimum atomic E-state index is -3.52. The van der Waals surface area contributed by atoms with Crippen LogP contribution in [0.3, 0.4) is 0 Å². The average Bonchev–Trinajstić information content (AvgIpc) is 2.76. The second kappa shape index (κ2) is 5.32. The molecule has 0 saturated carbocycles. The molecular formula is C13H16N2O2S2. The number of nitrogen functional groups attached to an aromatic ring is 1. The Balaban J connectivity index is 2.24. The molecule has 0 bridgehead atoms. The Morgan fingerprint density at radius 3 is 2.58 bits per heavy atom. The summed E-state index contributed by atoms with van der Waals surface area (Å²) in [5.41, 5.74) is 8.05. The summed E-state index contributed by atoms with van der Waals surface area (Å²) in [6.07, 6.45) is 0. The summed E-state index contributed by atoms with van der Waals surface area (Å²) in [5.74, 6) is 0. The van der Waals surface area contributed by atoms with Gasteiger partial charge in [-0.3, -0.25) is 0 Å². The molecule has 0 saturated heterocycles. The average molecular weight is 296 g/mol. The maximum atomic E-state index is 12.2. The fraction of sp³-hybridized carbons (Fsp3) is 0.231. The second-order valence-corrected chi connectivity index (χ2v) is 7.25. The van der Waals surface area contributed by atoms with E-state index in [-0.39, 0.29) is 10.3 Å². The van der Waals surface area contributed by atoms with E-state index in [0.29, 0.717) is 5.69 Å². The zero-order chi connectivity index (χ0) is 14.0. The quantitative estimate of drug-likeness (QED) is 0.911. The van der Waals surface area contributed by atoms with E-state index in [9.17, 15) is 8.42 Å². The first-order chi connectivity index (χ1) is 8.90. The predicted octanol–water partition coefficient (Wildman–Crippen LogP) is 2.68. The van der Waals surface area contributed by atoms with Crippen LogP contribution in [0.5, 0.6) is 0 Å². The number of nitrogens with two attached hydrogens (primary N) is 1. The fourth-order valence-electron chi connectivity index (χ4n) is 1.90. The Bertz CT molecular complexity index is 677. The minimum Gasteiger partial charge on any atom is -0.398 e. The van der Waals surface area contributed by atoms with Crippen LogP contribution in [0.1, 0.15) is 24.1 Å². The normalized spacial score (nSPS) is 13.4. The standard InChI is InChI=1S/C13H16N2O2S2/c1-9-5-3-4-6-12(9)10(2)15-19(16,17)13-7-11(14)8-18-13/h3-8,10,15H,14H2,1-2H3. The molecule has 0 spiro atoms. The largest absolute Gasteiger partial charge is 0.398 e. The molecule has 0 fully saturated rings. The van der Waals surface area contributed by atoms with Crippen molar-refractivity contribution in [2.45, 2.75) is 24.1 Å². The van der Waals surface area contributed by atoms with E-state index >= 15 is 0 Å². The SMILES string of the molecule is Cc1ccccc1C(C)NS(=O)(=O)c1cc(N)cs1. The van der Waals surface area contributed by atoms with E-state index in [1.807, 2.05) is 38.1 Å². The first kappa shape index (κ1) is 14.0. The van der Waals surface area contributed by atoms with Crippen molar-refractivity contribution >= 4 is 27.0 Å². The summed E-state index contributed by atoms with van der Waals surface area (Å²) in [4.78, 5) is 0. The van der Waals surface area contributed by atoms with Gasteiger partial charge in [0.1, 0.15) is 4.21 Å². The van der Waals surface area contributed by atoms with Crippen molar-refractivity contribution in [3.8, 4) is 0 Å². The third kappa shape index (κ3) is 3.15. The monoisotopic (exact) mass is 296 g/mol. The molecule has 0 aliphatic carbocycles. The number of thiophene rings is 1. The summed E-state index contributed by atoms with van der Waals surface area (Å²) in [6.45, 7) is 3.79. The van der Waals surface area contributed by atoms with E-state index in [0.717, 1.165) is 22.5 Å². The van der Waals surface area contributed by atoms with Crippen LogP contribution in [0.25, 0.3) is 0 Å². The number of hydrogen-bond donors (Lipinski definition) is 2. The topological polar surface area (TPSA) is 72.2 Å². The molecule has 0 amide bonds. The van der Waals surface area contributed by atoms with E-state index in [2.05, 4.69) is 4.72 Å². The van der Waals surface area contributed by atoms with Gasteiger partial charge in [-0.05, 0) is 31.0 Å². The first-order valence-electron chi connectivity index (χ1n) is 5.82. The van der Waals surface area contributed by atoms with Gasteiger partial charge in [0.25, 0.3) is 10.0 Å². The maximum Gasteiger partial charge on any atom is 0.250 e. The highest BCUT2D eigenvalue weighted by atomic mass is 32.2. The molecule has 102 valence electrons. The van der Waals surface area contributed by atoms with E-state index < -0.39 is 10.0 Å². The number of nitrogens with one attached hydrogen (secondary N) is 1. The van der Waals surface area contributed by atoms with Crippen LogP contribution in [0.2, 0.25) is 0 Å². The molecule has 4 nitrogen and oxygen atoms in total. The molecule has 0 radical (unpaired) electrons. The first-order valence-corrected chi connectivity index (χ1v) is 8.18. The minimum absolute atomic E-state index is 0.241. The lowest BCUT2D eigenvalue weighted by Gasteiger charge is -2.15. The third-order valence-electron chi connectivity index (χ3n) is 2.85. The summed E-state index contributed by atoms with van der Waals surface area (Å²) in [7, 11) is -3.52. The van der Waals surface area contributed by atoms with Gasteiger partial charge in [-0.15, -0.1) is 11.3 Å². The van der Waals surface area contributed by atoms with E-state index in [4.69, 9.17) is 5.73 Å². The highest BCUT2D eigenvalue weighted by Crippen LogP contribution is 2.24. The Labute approximate surface area is 117 Å². The molecule has 2 rings (SSSR count). The fourth-order valence-corrected chi connectivity index (χ4v) is 4.22. The number of anilines is 1. The molecule has 1 aromatic heterocycles. The molecule has 3 N–H and O–H groups in total. The highest BCUT2D eigenvalue weighted by Gasteiger charge is 2.20. The zero-order valence-corrected chi connectivity index (χ0v) is 12.4. The van der Waals surface area contributed by atoms with Gasteiger partial charge in [0.2, 0.25) is 0 Å². The van der Waals surface area contributed by atoms with Crippen molar-refractivity contribution < 1.29 is 8.42 Å². The maximum absolute atomic E-state index is 12.2. The molecule has 1 heterocycles. The number of rotatable bonds is 4. The van der Waals surface area contributed by atoms with Crippen LogP contribution in [-0.2, 0) is 10.0 Å². The van der Waals surface area contributed by atoms with Crippen LogP contribution in [-0.4, -0.2) is 8.42 Å². The zero-order valence-electron chi connectivity index (χ0n) is 10.8. The van der Waals surface area contributed by atoms with Gasteiger partial charge < -0.3 is 5.73 Å². The van der Waals surface area contributed by atoms with Crippen molar-refractivity contribution in [3.63, 3.8) is 0 Å². The molecule has 1 atom stereocenters. The van der Waals surface area contributed by atoms with Crippen LogP contribution in [0, 0.1) is 6.92 Å². The van der Waals surface area contributed by atoms with Crippen LogP contribution in [0.15, 0.2) is 39.9 Å². The van der Waals surface area contributed by atoms with Crippen molar-refractivity contribution in [1.82, 2.24) is 4.72 Å². The number of aryl methyl sites for hydroxylation is 1. The van der Waals surface area contributed by atoms with Gasteiger partial charge in [-0.1, -0.05) is 24.3 Å². The predicted molar refractivity (Wildman–Crippen MR) is 78.6 cm³/mol. The van der Waals surface area contributed by atoms with Crippen molar-refractivity contribution in [1.29, 1.82) is 0 Å². The molecule has 1 unspecified atom stereocenters. The summed E-state index contributed by atoms with van der Waals surface area (Å²) in [6, 6.07) is 8.90. The van der Waals surface area contributed by atoms with E-state index in [1.54, 1.807) is 5.38 Å². The van der Waals surface area contributed by atoms with Crippen LogP contribution < -0.4 is 10.5 Å². The molecule has 19 heavy (non-hydrogen) atoms. The summed E-state index contributed by atoms with van der Waals surface area (Å²) in [5, 5.41) is 1.62. The van der Waals surface area contributed by atoms with Gasteiger partial charge in [0.15, 0.2) is 0 Å². The Morgan fingerprint density at radius 1 is 1.32 bits per heavy atom. The van der Waals surface area contributed by atoms with Gasteiger partial charge in [0.05, 0.1) is 0 Å². The Hall–Kier alpha value is -1.37. The molecule has 0 aliphatic rings. The van der Waals surface area contributed by atoms with Gasteiger partial charge in [-0.25, -0.2) is 13.1 Å². The third-order valence-corrected chi connectivity index (χ3v) is 5.85. The Kier molecular flexibility index (Phi) is 3.93. The van der Waals surface area contributed by atoms with Crippen molar-refractivity contribution in [2.75, 3.05) is 5.73 Å².